The van der Waals surface area contributed by atoms with E-state index in [4.69, 9.17) is 9.26 Å². The highest BCUT2D eigenvalue weighted by atomic mass is 16.5. The maximum atomic E-state index is 13.8. The highest BCUT2D eigenvalue weighted by Gasteiger charge is 2.28. The van der Waals surface area contributed by atoms with Crippen molar-refractivity contribution in [2.75, 3.05) is 58.9 Å². The molecule has 0 fully saturated rings. The predicted octanol–water partition coefficient (Wildman–Crippen LogP) is 2.78. The van der Waals surface area contributed by atoms with Gasteiger partial charge in [0.1, 0.15) is 12.4 Å². The summed E-state index contributed by atoms with van der Waals surface area (Å²) in [5, 5.41) is 4.15. The van der Waals surface area contributed by atoms with Gasteiger partial charge in [0.2, 0.25) is 0 Å². The Morgan fingerprint density at radius 3 is 2.57 bits per heavy atom. The molecule has 192 valence electrons. The average Bonchev–Trinajstić information content (AvgIpc) is 3.15. The van der Waals surface area contributed by atoms with Crippen molar-refractivity contribution in [3.8, 4) is 0 Å². The van der Waals surface area contributed by atoms with E-state index in [0.717, 1.165) is 36.3 Å². The van der Waals surface area contributed by atoms with Gasteiger partial charge < -0.3 is 24.0 Å². The maximum absolute atomic E-state index is 13.8. The van der Waals surface area contributed by atoms with Crippen molar-refractivity contribution in [1.29, 1.82) is 0 Å². The summed E-state index contributed by atoms with van der Waals surface area (Å²) in [5.41, 5.74) is 2.89. The maximum Gasteiger partial charge on any atom is 0.276 e. The molecule has 0 unspecified atom stereocenters. The number of para-hydroxylation sites is 1. The van der Waals surface area contributed by atoms with Gasteiger partial charge in [0, 0.05) is 63.7 Å². The molecule has 2 heterocycles. The highest BCUT2D eigenvalue weighted by molar-refractivity contribution is 5.96. The molecule has 1 aliphatic heterocycles. The van der Waals surface area contributed by atoms with Crippen molar-refractivity contribution in [2.45, 2.75) is 46.3 Å². The molecule has 3 rings (SSSR count). The molecule has 1 aliphatic rings. The van der Waals surface area contributed by atoms with E-state index in [1.165, 1.54) is 7.11 Å². The molecule has 1 aromatic heterocycles. The number of nitrogens with zero attached hydrogens (tertiary/aromatic N) is 5. The Bertz CT molecular complexity index is 1000. The van der Waals surface area contributed by atoms with Crippen molar-refractivity contribution in [2.24, 2.45) is 0 Å². The van der Waals surface area contributed by atoms with E-state index in [9.17, 15) is 9.59 Å². The number of aromatic nitrogens is 1. The predicted molar refractivity (Wildman–Crippen MR) is 135 cm³/mol. The molecule has 35 heavy (non-hydrogen) atoms. The van der Waals surface area contributed by atoms with Crippen LogP contribution in [0.5, 0.6) is 0 Å². The second-order valence-corrected chi connectivity index (χ2v) is 9.62. The molecular weight excluding hydrogens is 446 g/mol. The molecule has 0 N–H and O–H groups in total. The molecule has 0 saturated carbocycles. The van der Waals surface area contributed by atoms with Gasteiger partial charge in [0.15, 0.2) is 5.69 Å². The monoisotopic (exact) mass is 485 g/mol. The Morgan fingerprint density at radius 1 is 1.14 bits per heavy atom. The number of carbonyl (C=O) groups is 2. The largest absolute Gasteiger partial charge is 0.375 e. The van der Waals surface area contributed by atoms with Gasteiger partial charge >= 0.3 is 0 Å². The van der Waals surface area contributed by atoms with E-state index in [1.807, 2.05) is 55.1 Å². The Kier molecular flexibility index (Phi) is 9.42. The third kappa shape index (κ3) is 6.68. The number of ether oxygens (including phenoxy) is 1. The first kappa shape index (κ1) is 26.8. The third-order valence-electron chi connectivity index (χ3n) is 6.38. The van der Waals surface area contributed by atoms with Crippen LogP contribution in [0.25, 0.3) is 0 Å². The minimum Gasteiger partial charge on any atom is -0.375 e. The molecule has 2 amide bonds. The number of rotatable bonds is 6. The Morgan fingerprint density at radius 2 is 1.89 bits per heavy atom. The minimum absolute atomic E-state index is 0.0109. The van der Waals surface area contributed by atoms with Crippen molar-refractivity contribution in [3.05, 3.63) is 46.8 Å². The molecule has 9 heteroatoms. The zero-order chi connectivity index (χ0) is 25.5. The summed E-state index contributed by atoms with van der Waals surface area (Å²) in [5.74, 6) is 0.403. The van der Waals surface area contributed by atoms with Gasteiger partial charge in [0.05, 0.1) is 0 Å². The van der Waals surface area contributed by atoms with Crippen LogP contribution in [-0.2, 0) is 22.6 Å². The molecule has 0 radical (unpaired) electrons. The number of aryl methyl sites for hydroxylation is 1. The minimum atomic E-state index is -0.161. The standard InChI is InChI=1S/C26H39N5O4/c1-19(2)29-12-9-13-31(24(32)18-34-6)23-11-8-7-10-21(23)16-30(15-14-29)26(33)25-22(17-28(4)5)20(3)35-27-25/h7-8,10-11,19H,9,12-18H2,1-6H3. The van der Waals surface area contributed by atoms with Crippen LogP contribution < -0.4 is 4.90 Å². The number of carbonyl (C=O) groups excluding carboxylic acids is 2. The summed E-state index contributed by atoms with van der Waals surface area (Å²) in [6, 6.07) is 8.11. The second-order valence-electron chi connectivity index (χ2n) is 9.62. The first-order valence-electron chi connectivity index (χ1n) is 12.2. The van der Waals surface area contributed by atoms with E-state index in [0.29, 0.717) is 43.7 Å². The Balaban J connectivity index is 2.02. The van der Waals surface area contributed by atoms with Gasteiger partial charge in [-0.3, -0.25) is 14.5 Å². The number of benzene rings is 1. The molecule has 0 atom stereocenters. The van der Waals surface area contributed by atoms with Crippen molar-refractivity contribution in [3.63, 3.8) is 0 Å². The lowest BCUT2D eigenvalue weighted by Gasteiger charge is -2.30. The molecule has 1 aromatic carbocycles. The normalized spacial score (nSPS) is 15.9. The van der Waals surface area contributed by atoms with E-state index in [1.54, 1.807) is 4.90 Å². The van der Waals surface area contributed by atoms with Gasteiger partial charge in [0.25, 0.3) is 11.8 Å². The van der Waals surface area contributed by atoms with Crippen LogP contribution in [0.1, 0.15) is 47.6 Å². The zero-order valence-corrected chi connectivity index (χ0v) is 21.9. The highest BCUT2D eigenvalue weighted by Crippen LogP contribution is 2.25. The Hall–Kier alpha value is -2.75. The van der Waals surface area contributed by atoms with Gasteiger partial charge in [-0.25, -0.2) is 0 Å². The summed E-state index contributed by atoms with van der Waals surface area (Å²) in [6.07, 6.45) is 0.825. The first-order chi connectivity index (χ1) is 16.7. The summed E-state index contributed by atoms with van der Waals surface area (Å²) < 4.78 is 10.6. The van der Waals surface area contributed by atoms with Gasteiger partial charge in [-0.05, 0) is 52.9 Å². The van der Waals surface area contributed by atoms with Gasteiger partial charge in [-0.15, -0.1) is 0 Å². The average molecular weight is 486 g/mol. The van der Waals surface area contributed by atoms with Crippen LogP contribution in [0.2, 0.25) is 0 Å². The number of hydrogen-bond acceptors (Lipinski definition) is 7. The molecule has 2 aromatic rings. The van der Waals surface area contributed by atoms with E-state index >= 15 is 0 Å². The SMILES string of the molecule is COCC(=O)N1CCCN(C(C)C)CCN(C(=O)c2noc(C)c2CN(C)C)Cc2ccccc21. The van der Waals surface area contributed by atoms with Crippen LogP contribution in [-0.4, -0.2) is 91.7 Å². The van der Waals surface area contributed by atoms with Crippen LogP contribution in [0, 0.1) is 6.92 Å². The fraction of sp³-hybridized carbons (Fsp3) is 0.577. The summed E-state index contributed by atoms with van der Waals surface area (Å²) >= 11 is 0. The lowest BCUT2D eigenvalue weighted by molar-refractivity contribution is -0.122. The van der Waals surface area contributed by atoms with E-state index < -0.39 is 0 Å². The first-order valence-corrected chi connectivity index (χ1v) is 12.2. The van der Waals surface area contributed by atoms with Crippen molar-refractivity contribution < 1.29 is 18.8 Å². The zero-order valence-electron chi connectivity index (χ0n) is 21.9. The molecule has 0 bridgehead atoms. The smallest absolute Gasteiger partial charge is 0.276 e. The van der Waals surface area contributed by atoms with Crippen LogP contribution in [0.4, 0.5) is 5.69 Å². The number of fused-ring (bicyclic) bond motifs is 1. The van der Waals surface area contributed by atoms with Gasteiger partial charge in [-0.2, -0.15) is 0 Å². The fourth-order valence-electron chi connectivity index (χ4n) is 4.47. The lowest BCUT2D eigenvalue weighted by Crippen LogP contribution is -2.41. The Labute approximate surface area is 208 Å². The van der Waals surface area contributed by atoms with E-state index in [2.05, 4.69) is 23.9 Å². The van der Waals surface area contributed by atoms with Crippen LogP contribution in [0.15, 0.2) is 28.8 Å². The lowest BCUT2D eigenvalue weighted by atomic mass is 10.1. The molecular formula is C26H39N5O4. The van der Waals surface area contributed by atoms with E-state index in [-0.39, 0.29) is 18.4 Å². The number of hydrogen-bond donors (Lipinski definition) is 0. The number of anilines is 1. The topological polar surface area (TPSA) is 82.4 Å². The quantitative estimate of drug-likeness (QED) is 0.622. The molecule has 0 saturated heterocycles. The molecule has 9 nitrogen and oxygen atoms in total. The fourth-order valence-corrected chi connectivity index (χ4v) is 4.47. The van der Waals surface area contributed by atoms with Crippen LogP contribution >= 0.6 is 0 Å². The summed E-state index contributed by atoms with van der Waals surface area (Å²) in [7, 11) is 5.44. The van der Waals surface area contributed by atoms with Crippen LogP contribution in [0.3, 0.4) is 0 Å². The molecule has 0 spiro atoms. The second kappa shape index (κ2) is 12.3. The third-order valence-corrected chi connectivity index (χ3v) is 6.38. The number of amides is 2. The molecule has 0 aliphatic carbocycles. The van der Waals surface area contributed by atoms with Crippen molar-refractivity contribution in [1.82, 2.24) is 19.9 Å². The number of methoxy groups -OCH3 is 1. The van der Waals surface area contributed by atoms with Gasteiger partial charge in [-0.1, -0.05) is 23.4 Å². The summed E-state index contributed by atoms with van der Waals surface area (Å²) in [4.78, 5) is 34.8. The van der Waals surface area contributed by atoms with Crippen molar-refractivity contribution >= 4 is 17.5 Å². The summed E-state index contributed by atoms with van der Waals surface area (Å²) in [6.45, 7) is 9.79.